The summed E-state index contributed by atoms with van der Waals surface area (Å²) in [6.07, 6.45) is 4.74. The van der Waals surface area contributed by atoms with E-state index in [1.807, 2.05) is 44.1 Å². The van der Waals surface area contributed by atoms with Crippen molar-refractivity contribution in [2.24, 2.45) is 0 Å². The highest BCUT2D eigenvalue weighted by atomic mass is 35.5. The van der Waals surface area contributed by atoms with Gasteiger partial charge in [0.25, 0.3) is 0 Å². The van der Waals surface area contributed by atoms with Crippen molar-refractivity contribution >= 4 is 57.1 Å². The maximum absolute atomic E-state index is 12.6. The van der Waals surface area contributed by atoms with Crippen LogP contribution in [0, 0.1) is 11.3 Å². The first-order valence-corrected chi connectivity index (χ1v) is 13.6. The standard InChI is InChI=1S/C31H29Cl2N5O3/c1-4-40-29-16-26-24(15-27(29)37-30(39)6-5-13-38(2)3)31(21(17-34)18-35-26)36-23-11-12-28(25(33)14-23)41-19-20-7-9-22(32)10-8-20/h5-12,14-16,18H,4,13,19H2,1-3H3,(H,35,36)(H,37,39). The van der Waals surface area contributed by atoms with Gasteiger partial charge in [0.1, 0.15) is 24.2 Å². The van der Waals surface area contributed by atoms with E-state index in [0.717, 1.165) is 5.56 Å². The summed E-state index contributed by atoms with van der Waals surface area (Å²) >= 11 is 12.5. The average molecular weight is 591 g/mol. The molecule has 3 aromatic carbocycles. The average Bonchev–Trinajstić information content (AvgIpc) is 2.94. The summed E-state index contributed by atoms with van der Waals surface area (Å²) in [6, 6.07) is 18.3. The van der Waals surface area contributed by atoms with E-state index in [9.17, 15) is 10.1 Å². The van der Waals surface area contributed by atoms with Crippen LogP contribution in [0.1, 0.15) is 18.1 Å². The van der Waals surface area contributed by atoms with Crippen LogP contribution in [0.15, 0.2) is 72.9 Å². The number of pyridine rings is 1. The van der Waals surface area contributed by atoms with Crippen molar-refractivity contribution in [3.63, 3.8) is 0 Å². The topological polar surface area (TPSA) is 99.5 Å². The van der Waals surface area contributed by atoms with Crippen molar-refractivity contribution < 1.29 is 14.3 Å². The molecule has 0 saturated heterocycles. The number of ether oxygens (including phenoxy) is 2. The van der Waals surface area contributed by atoms with Gasteiger partial charge in [0.2, 0.25) is 5.91 Å². The lowest BCUT2D eigenvalue weighted by Crippen LogP contribution is -2.13. The van der Waals surface area contributed by atoms with E-state index in [1.165, 1.54) is 12.3 Å². The number of anilines is 3. The highest BCUT2D eigenvalue weighted by Crippen LogP contribution is 2.37. The Labute approximate surface area is 249 Å². The van der Waals surface area contributed by atoms with Gasteiger partial charge in [-0.1, -0.05) is 41.4 Å². The number of aromatic nitrogens is 1. The second-order valence-corrected chi connectivity index (χ2v) is 10.1. The lowest BCUT2D eigenvalue weighted by atomic mass is 10.1. The minimum absolute atomic E-state index is 0.299. The lowest BCUT2D eigenvalue weighted by Gasteiger charge is -2.16. The van der Waals surface area contributed by atoms with Crippen molar-refractivity contribution in [1.82, 2.24) is 9.88 Å². The van der Waals surface area contributed by atoms with Crippen molar-refractivity contribution in [3.8, 4) is 17.6 Å². The fourth-order valence-corrected chi connectivity index (χ4v) is 4.30. The quantitative estimate of drug-likeness (QED) is 0.178. The van der Waals surface area contributed by atoms with Crippen molar-refractivity contribution in [1.29, 1.82) is 5.26 Å². The maximum atomic E-state index is 12.6. The van der Waals surface area contributed by atoms with Gasteiger partial charge in [0.05, 0.1) is 34.1 Å². The molecule has 1 aromatic heterocycles. The molecule has 0 bridgehead atoms. The Balaban J connectivity index is 1.63. The first-order valence-electron chi connectivity index (χ1n) is 12.8. The largest absolute Gasteiger partial charge is 0.492 e. The van der Waals surface area contributed by atoms with Gasteiger partial charge in [-0.05, 0) is 63.0 Å². The Morgan fingerprint density at radius 1 is 1.07 bits per heavy atom. The van der Waals surface area contributed by atoms with Gasteiger partial charge in [-0.25, -0.2) is 0 Å². The van der Waals surface area contributed by atoms with E-state index in [0.29, 0.717) is 74.8 Å². The zero-order valence-corrected chi connectivity index (χ0v) is 24.4. The number of fused-ring (bicyclic) bond motifs is 1. The van der Waals surface area contributed by atoms with E-state index in [-0.39, 0.29) is 5.91 Å². The predicted molar refractivity (Wildman–Crippen MR) is 164 cm³/mol. The first-order chi connectivity index (χ1) is 19.8. The van der Waals surface area contributed by atoms with Crippen LogP contribution in [0.3, 0.4) is 0 Å². The van der Waals surface area contributed by atoms with Crippen molar-refractivity contribution in [3.05, 3.63) is 94.1 Å². The molecule has 0 aliphatic heterocycles. The monoisotopic (exact) mass is 589 g/mol. The second-order valence-electron chi connectivity index (χ2n) is 9.30. The molecule has 10 heteroatoms. The summed E-state index contributed by atoms with van der Waals surface area (Å²) < 4.78 is 11.7. The highest BCUT2D eigenvalue weighted by Gasteiger charge is 2.16. The minimum atomic E-state index is -0.299. The number of nitrogens with one attached hydrogen (secondary N) is 2. The molecule has 1 amide bonds. The molecule has 2 N–H and O–H groups in total. The smallest absolute Gasteiger partial charge is 0.248 e. The predicted octanol–water partition coefficient (Wildman–Crippen LogP) is 7.19. The fraction of sp³-hybridized carbons (Fsp3) is 0.194. The molecule has 0 radical (unpaired) electrons. The number of hydrogen-bond acceptors (Lipinski definition) is 7. The number of likely N-dealkylation sites (N-methyl/N-ethyl adjacent to an activating group) is 1. The molecule has 4 rings (SSSR count). The minimum Gasteiger partial charge on any atom is -0.492 e. The van der Waals surface area contributed by atoms with Gasteiger partial charge in [0, 0.05) is 41.0 Å². The Bertz CT molecular complexity index is 1620. The number of amides is 1. The molecular weight excluding hydrogens is 561 g/mol. The summed E-state index contributed by atoms with van der Waals surface area (Å²) in [5, 5.41) is 17.7. The fourth-order valence-electron chi connectivity index (χ4n) is 3.94. The number of carbonyl (C=O) groups is 1. The summed E-state index contributed by atoms with van der Waals surface area (Å²) in [6.45, 7) is 3.22. The van der Waals surface area contributed by atoms with Gasteiger partial charge in [-0.3, -0.25) is 9.78 Å². The van der Waals surface area contributed by atoms with Gasteiger partial charge in [0.15, 0.2) is 0 Å². The molecule has 0 aliphatic rings. The van der Waals surface area contributed by atoms with Gasteiger partial charge in [-0.2, -0.15) is 5.26 Å². The zero-order chi connectivity index (χ0) is 29.4. The molecule has 4 aromatic rings. The second kappa shape index (κ2) is 13.9. The highest BCUT2D eigenvalue weighted by molar-refractivity contribution is 6.32. The van der Waals surface area contributed by atoms with E-state index >= 15 is 0 Å². The molecule has 0 atom stereocenters. The zero-order valence-electron chi connectivity index (χ0n) is 22.9. The molecule has 0 fully saturated rings. The van der Waals surface area contributed by atoms with E-state index in [1.54, 1.807) is 42.5 Å². The van der Waals surface area contributed by atoms with Crippen LogP contribution >= 0.6 is 23.2 Å². The molecule has 0 unspecified atom stereocenters. The van der Waals surface area contributed by atoms with Crippen LogP contribution in [0.4, 0.5) is 17.1 Å². The molecule has 1 heterocycles. The summed E-state index contributed by atoms with van der Waals surface area (Å²) in [7, 11) is 3.84. The van der Waals surface area contributed by atoms with Gasteiger partial charge in [-0.15, -0.1) is 0 Å². The molecule has 41 heavy (non-hydrogen) atoms. The molecule has 210 valence electrons. The number of carbonyl (C=O) groups excluding carboxylic acids is 1. The van der Waals surface area contributed by atoms with Crippen LogP contribution < -0.4 is 20.1 Å². The Morgan fingerprint density at radius 3 is 2.54 bits per heavy atom. The number of nitriles is 1. The summed E-state index contributed by atoms with van der Waals surface area (Å²) in [5.41, 5.74) is 3.49. The summed E-state index contributed by atoms with van der Waals surface area (Å²) in [4.78, 5) is 19.0. The number of hydrogen-bond donors (Lipinski definition) is 2. The number of halogens is 2. The van der Waals surface area contributed by atoms with Crippen molar-refractivity contribution in [2.45, 2.75) is 13.5 Å². The normalized spacial score (nSPS) is 11.0. The molecular formula is C31H29Cl2N5O3. The van der Waals surface area contributed by atoms with Crippen LogP contribution in [0.25, 0.3) is 10.9 Å². The van der Waals surface area contributed by atoms with Crippen molar-refractivity contribution in [2.75, 3.05) is 37.9 Å². The Hall–Kier alpha value is -4.29. The molecule has 0 saturated carbocycles. The SMILES string of the molecule is CCOc1cc2ncc(C#N)c(Nc3ccc(OCc4ccc(Cl)cc4)c(Cl)c3)c2cc1NC(=O)C=CCN(C)C. The number of rotatable bonds is 11. The third-order valence-electron chi connectivity index (χ3n) is 5.90. The molecule has 0 aliphatic carbocycles. The summed E-state index contributed by atoms with van der Waals surface area (Å²) in [5.74, 6) is 0.690. The molecule has 8 nitrogen and oxygen atoms in total. The third kappa shape index (κ3) is 7.89. The van der Waals surface area contributed by atoms with Gasteiger partial charge < -0.3 is 25.0 Å². The maximum Gasteiger partial charge on any atom is 0.248 e. The number of benzene rings is 3. The first kappa shape index (κ1) is 29.7. The Morgan fingerprint density at radius 2 is 1.85 bits per heavy atom. The van der Waals surface area contributed by atoms with Crippen LogP contribution in [-0.4, -0.2) is 43.0 Å². The third-order valence-corrected chi connectivity index (χ3v) is 6.44. The van der Waals surface area contributed by atoms with Gasteiger partial charge >= 0.3 is 0 Å². The van der Waals surface area contributed by atoms with E-state index in [2.05, 4.69) is 21.7 Å². The Kier molecular flexibility index (Phi) is 10.0. The molecule has 0 spiro atoms. The van der Waals surface area contributed by atoms with E-state index in [4.69, 9.17) is 32.7 Å². The van der Waals surface area contributed by atoms with E-state index < -0.39 is 0 Å². The number of nitrogens with zero attached hydrogens (tertiary/aromatic N) is 3. The van der Waals surface area contributed by atoms with Crippen LogP contribution in [0.2, 0.25) is 10.0 Å². The van der Waals surface area contributed by atoms with Crippen LogP contribution in [-0.2, 0) is 11.4 Å². The van der Waals surface area contributed by atoms with Crippen LogP contribution in [0.5, 0.6) is 11.5 Å². The lowest BCUT2D eigenvalue weighted by molar-refractivity contribution is -0.111.